The Morgan fingerprint density at radius 3 is 1.97 bits per heavy atom. The zero-order valence-electron chi connectivity index (χ0n) is 19.1. The van der Waals surface area contributed by atoms with E-state index in [0.29, 0.717) is 29.2 Å². The van der Waals surface area contributed by atoms with E-state index >= 15 is 0 Å². The molecule has 0 aliphatic heterocycles. The molecule has 3 aromatic carbocycles. The van der Waals surface area contributed by atoms with Gasteiger partial charge in [-0.3, -0.25) is 9.59 Å². The van der Waals surface area contributed by atoms with Crippen LogP contribution < -0.4 is 10.6 Å². The molecule has 0 bridgehead atoms. The van der Waals surface area contributed by atoms with Gasteiger partial charge in [0.2, 0.25) is 0 Å². The van der Waals surface area contributed by atoms with E-state index in [1.165, 1.54) is 0 Å². The molecule has 5 heteroatoms. The molecular weight excluding hydrogens is 410 g/mol. The first-order chi connectivity index (χ1) is 15.9. The van der Waals surface area contributed by atoms with Crippen LogP contribution in [0.15, 0.2) is 84.9 Å². The fourth-order valence-corrected chi connectivity index (χ4v) is 3.83. The zero-order chi connectivity index (χ0) is 23.4. The van der Waals surface area contributed by atoms with Gasteiger partial charge in [0.25, 0.3) is 11.8 Å². The molecule has 0 aliphatic carbocycles. The summed E-state index contributed by atoms with van der Waals surface area (Å²) in [4.78, 5) is 26.5. The van der Waals surface area contributed by atoms with Gasteiger partial charge in [-0.05, 0) is 56.2 Å². The number of nitrogens with one attached hydrogen (secondary N) is 2. The van der Waals surface area contributed by atoms with Crippen molar-refractivity contribution in [2.75, 3.05) is 10.6 Å². The summed E-state index contributed by atoms with van der Waals surface area (Å²) < 4.78 is 2.00. The topological polar surface area (TPSA) is 63.1 Å². The summed E-state index contributed by atoms with van der Waals surface area (Å²) in [6, 6.07) is 26.7. The first-order valence-electron chi connectivity index (χ1n) is 10.9. The Morgan fingerprint density at radius 2 is 1.33 bits per heavy atom. The van der Waals surface area contributed by atoms with Gasteiger partial charge in [0.1, 0.15) is 5.82 Å². The van der Waals surface area contributed by atoms with E-state index in [4.69, 9.17) is 0 Å². The standard InChI is InChI=1S/C28H27N3O2/c1-19-14-16-24(17-15-19)29-28(33)25-20(2)21(3)31(18-22-10-6-4-7-11-22)26(25)30-27(32)23-12-8-5-9-13-23/h4-17H,18H2,1-3H3,(H,29,33)(H,30,32). The Hall–Kier alpha value is -4.12. The lowest BCUT2D eigenvalue weighted by Crippen LogP contribution is -2.20. The number of hydrogen-bond donors (Lipinski definition) is 2. The zero-order valence-corrected chi connectivity index (χ0v) is 19.1. The third-order valence-electron chi connectivity index (χ3n) is 5.82. The second kappa shape index (κ2) is 9.57. The molecule has 4 aromatic rings. The largest absolute Gasteiger partial charge is 0.327 e. The molecule has 1 aromatic heterocycles. The number of aromatic nitrogens is 1. The highest BCUT2D eigenvalue weighted by Crippen LogP contribution is 2.29. The molecule has 0 spiro atoms. The van der Waals surface area contributed by atoms with Crippen molar-refractivity contribution in [2.24, 2.45) is 0 Å². The van der Waals surface area contributed by atoms with Gasteiger partial charge in [-0.15, -0.1) is 0 Å². The van der Waals surface area contributed by atoms with Crippen molar-refractivity contribution < 1.29 is 9.59 Å². The SMILES string of the molecule is Cc1ccc(NC(=O)c2c(C)c(C)n(Cc3ccccc3)c2NC(=O)c2ccccc2)cc1. The van der Waals surface area contributed by atoms with Gasteiger partial charge in [0, 0.05) is 23.5 Å². The average molecular weight is 438 g/mol. The Morgan fingerprint density at radius 1 is 0.727 bits per heavy atom. The van der Waals surface area contributed by atoms with Crippen LogP contribution in [0.4, 0.5) is 11.5 Å². The normalized spacial score (nSPS) is 10.6. The van der Waals surface area contributed by atoms with Crippen LogP contribution in [0.1, 0.15) is 43.1 Å². The predicted molar refractivity (Wildman–Crippen MR) is 133 cm³/mol. The maximum absolute atomic E-state index is 13.4. The molecule has 0 atom stereocenters. The predicted octanol–water partition coefficient (Wildman–Crippen LogP) is 5.97. The monoisotopic (exact) mass is 437 g/mol. The molecule has 0 radical (unpaired) electrons. The van der Waals surface area contributed by atoms with Crippen molar-refractivity contribution in [3.05, 3.63) is 118 Å². The fourth-order valence-electron chi connectivity index (χ4n) is 3.83. The van der Waals surface area contributed by atoms with Crippen molar-refractivity contribution in [2.45, 2.75) is 27.3 Å². The molecular formula is C28H27N3O2. The highest BCUT2D eigenvalue weighted by molar-refractivity contribution is 6.13. The molecule has 0 saturated carbocycles. The summed E-state index contributed by atoms with van der Waals surface area (Å²) in [6.07, 6.45) is 0. The maximum Gasteiger partial charge on any atom is 0.259 e. The van der Waals surface area contributed by atoms with E-state index in [1.54, 1.807) is 12.1 Å². The summed E-state index contributed by atoms with van der Waals surface area (Å²) in [5.74, 6) is -0.0197. The van der Waals surface area contributed by atoms with Gasteiger partial charge in [-0.1, -0.05) is 66.2 Å². The molecule has 2 amide bonds. The third-order valence-corrected chi connectivity index (χ3v) is 5.82. The summed E-state index contributed by atoms with van der Waals surface area (Å²) in [5, 5.41) is 6.00. The van der Waals surface area contributed by atoms with Crippen LogP contribution in [0, 0.1) is 20.8 Å². The van der Waals surface area contributed by atoms with Crippen LogP contribution in [0.25, 0.3) is 0 Å². The Balaban J connectivity index is 1.75. The minimum absolute atomic E-state index is 0.255. The molecule has 166 valence electrons. The van der Waals surface area contributed by atoms with Crippen LogP contribution in [0.5, 0.6) is 0 Å². The van der Waals surface area contributed by atoms with Crippen molar-refractivity contribution in [3.63, 3.8) is 0 Å². The van der Waals surface area contributed by atoms with Crippen molar-refractivity contribution in [1.29, 1.82) is 0 Å². The summed E-state index contributed by atoms with van der Waals surface area (Å²) in [5.41, 5.74) is 5.66. The van der Waals surface area contributed by atoms with E-state index in [9.17, 15) is 9.59 Å². The van der Waals surface area contributed by atoms with Crippen LogP contribution in [-0.4, -0.2) is 16.4 Å². The Labute approximate surface area is 194 Å². The summed E-state index contributed by atoms with van der Waals surface area (Å²) >= 11 is 0. The molecule has 1 heterocycles. The van der Waals surface area contributed by atoms with Gasteiger partial charge in [0.05, 0.1) is 5.56 Å². The number of rotatable bonds is 6. The molecule has 0 saturated heterocycles. The first kappa shape index (κ1) is 22.1. The first-order valence-corrected chi connectivity index (χ1v) is 10.9. The number of aryl methyl sites for hydroxylation is 1. The molecule has 0 aliphatic rings. The number of hydrogen-bond acceptors (Lipinski definition) is 2. The van der Waals surface area contributed by atoms with Gasteiger partial charge >= 0.3 is 0 Å². The van der Waals surface area contributed by atoms with E-state index in [0.717, 1.165) is 22.4 Å². The lowest BCUT2D eigenvalue weighted by Gasteiger charge is -2.15. The Kier molecular flexibility index (Phi) is 6.41. The van der Waals surface area contributed by atoms with Gasteiger partial charge in [-0.25, -0.2) is 0 Å². The average Bonchev–Trinajstić information content (AvgIpc) is 3.06. The van der Waals surface area contributed by atoms with Crippen molar-refractivity contribution in [3.8, 4) is 0 Å². The third kappa shape index (κ3) is 4.88. The quantitative estimate of drug-likeness (QED) is 0.391. The van der Waals surface area contributed by atoms with Crippen LogP contribution in [0.2, 0.25) is 0 Å². The van der Waals surface area contributed by atoms with Crippen LogP contribution >= 0.6 is 0 Å². The Bertz CT molecular complexity index is 1270. The van der Waals surface area contributed by atoms with E-state index in [2.05, 4.69) is 10.6 Å². The van der Waals surface area contributed by atoms with E-state index in [1.807, 2.05) is 98.1 Å². The van der Waals surface area contributed by atoms with Gasteiger partial charge in [0.15, 0.2) is 0 Å². The smallest absolute Gasteiger partial charge is 0.259 e. The lowest BCUT2D eigenvalue weighted by atomic mass is 10.1. The number of carbonyl (C=O) groups excluding carboxylic acids is 2. The van der Waals surface area contributed by atoms with E-state index in [-0.39, 0.29) is 11.8 Å². The molecule has 0 unspecified atom stereocenters. The minimum atomic E-state index is -0.258. The highest BCUT2D eigenvalue weighted by Gasteiger charge is 2.25. The number of anilines is 2. The summed E-state index contributed by atoms with van der Waals surface area (Å²) in [6.45, 7) is 6.42. The lowest BCUT2D eigenvalue weighted by molar-refractivity contribution is 0.102. The van der Waals surface area contributed by atoms with Gasteiger partial charge in [-0.2, -0.15) is 0 Å². The van der Waals surface area contributed by atoms with Crippen LogP contribution in [0.3, 0.4) is 0 Å². The fraction of sp³-hybridized carbons (Fsp3) is 0.143. The molecule has 33 heavy (non-hydrogen) atoms. The number of carbonyl (C=O) groups is 2. The summed E-state index contributed by atoms with van der Waals surface area (Å²) in [7, 11) is 0. The maximum atomic E-state index is 13.4. The molecule has 4 rings (SSSR count). The number of amides is 2. The second-order valence-electron chi connectivity index (χ2n) is 8.15. The molecule has 5 nitrogen and oxygen atoms in total. The number of benzene rings is 3. The highest BCUT2D eigenvalue weighted by atomic mass is 16.2. The second-order valence-corrected chi connectivity index (χ2v) is 8.15. The van der Waals surface area contributed by atoms with Crippen LogP contribution in [-0.2, 0) is 6.54 Å². The molecule has 0 fully saturated rings. The van der Waals surface area contributed by atoms with Crippen molar-refractivity contribution in [1.82, 2.24) is 4.57 Å². The minimum Gasteiger partial charge on any atom is -0.327 e. The number of nitrogens with zero attached hydrogens (tertiary/aromatic N) is 1. The molecule has 2 N–H and O–H groups in total. The van der Waals surface area contributed by atoms with E-state index < -0.39 is 0 Å². The van der Waals surface area contributed by atoms with Crippen molar-refractivity contribution >= 4 is 23.3 Å². The van der Waals surface area contributed by atoms with Gasteiger partial charge < -0.3 is 15.2 Å².